The van der Waals surface area contributed by atoms with Crippen LogP contribution >= 0.6 is 0 Å². The first kappa shape index (κ1) is 13.5. The van der Waals surface area contributed by atoms with Crippen LogP contribution in [-0.2, 0) is 14.6 Å². The molecule has 1 amide bonds. The lowest BCUT2D eigenvalue weighted by atomic mass is 10.1. The lowest BCUT2D eigenvalue weighted by Crippen LogP contribution is -2.40. The summed E-state index contributed by atoms with van der Waals surface area (Å²) in [6.07, 6.45) is 2.10. The fourth-order valence-electron chi connectivity index (χ4n) is 1.90. The molecule has 0 bridgehead atoms. The van der Waals surface area contributed by atoms with Crippen LogP contribution in [0.2, 0.25) is 0 Å². The van der Waals surface area contributed by atoms with Crippen molar-refractivity contribution in [2.75, 3.05) is 19.1 Å². The first-order valence-electron chi connectivity index (χ1n) is 5.49. The molecule has 0 spiro atoms. The Kier molecular flexibility index (Phi) is 3.39. The van der Waals surface area contributed by atoms with Gasteiger partial charge in [-0.2, -0.15) is 0 Å². The van der Waals surface area contributed by atoms with E-state index in [0.29, 0.717) is 0 Å². The molecule has 1 fully saturated rings. The number of hydrogen-bond acceptors (Lipinski definition) is 3. The van der Waals surface area contributed by atoms with E-state index in [-0.39, 0.29) is 29.0 Å². The van der Waals surface area contributed by atoms with Crippen molar-refractivity contribution < 1.29 is 13.2 Å². The molecule has 1 aliphatic carbocycles. The van der Waals surface area contributed by atoms with Gasteiger partial charge in [0.15, 0.2) is 0 Å². The van der Waals surface area contributed by atoms with E-state index in [2.05, 4.69) is 13.8 Å². The first-order valence-corrected chi connectivity index (χ1v) is 7.55. The van der Waals surface area contributed by atoms with Crippen molar-refractivity contribution in [1.29, 1.82) is 0 Å². The Bertz CT molecular complexity index is 386. The third-order valence-electron chi connectivity index (χ3n) is 3.36. The van der Waals surface area contributed by atoms with Gasteiger partial charge in [0, 0.05) is 25.3 Å². The summed E-state index contributed by atoms with van der Waals surface area (Å²) < 4.78 is 22.3. The Morgan fingerprint density at radius 2 is 1.94 bits per heavy atom. The lowest BCUT2D eigenvalue weighted by Gasteiger charge is -2.25. The summed E-state index contributed by atoms with van der Waals surface area (Å²) >= 11 is 0. The van der Waals surface area contributed by atoms with Gasteiger partial charge in [0.05, 0.1) is 5.75 Å². The van der Waals surface area contributed by atoms with Gasteiger partial charge >= 0.3 is 0 Å². The van der Waals surface area contributed by atoms with Gasteiger partial charge in [-0.3, -0.25) is 4.79 Å². The molecule has 0 aromatic carbocycles. The van der Waals surface area contributed by atoms with Gasteiger partial charge in [-0.25, -0.2) is 8.42 Å². The minimum Gasteiger partial charge on any atom is -0.342 e. The number of carbonyl (C=O) groups is 1. The van der Waals surface area contributed by atoms with E-state index in [9.17, 15) is 13.2 Å². The second-order valence-corrected chi connectivity index (χ2v) is 7.82. The van der Waals surface area contributed by atoms with Crippen molar-refractivity contribution in [1.82, 2.24) is 4.90 Å². The molecule has 2 atom stereocenters. The van der Waals surface area contributed by atoms with Crippen molar-refractivity contribution in [3.05, 3.63) is 0 Å². The van der Waals surface area contributed by atoms with Gasteiger partial charge in [0.25, 0.3) is 0 Å². The van der Waals surface area contributed by atoms with Gasteiger partial charge in [-0.05, 0) is 18.8 Å². The zero-order valence-electron chi connectivity index (χ0n) is 10.6. The van der Waals surface area contributed by atoms with E-state index in [0.717, 1.165) is 6.42 Å². The van der Waals surface area contributed by atoms with Gasteiger partial charge in [0.1, 0.15) is 9.84 Å². The molecule has 5 heteroatoms. The quantitative estimate of drug-likeness (QED) is 0.742. The Morgan fingerprint density at radius 3 is 2.25 bits per heavy atom. The third kappa shape index (κ3) is 3.20. The molecule has 0 saturated heterocycles. The zero-order valence-corrected chi connectivity index (χ0v) is 11.5. The molecular weight excluding hydrogens is 226 g/mol. The van der Waals surface area contributed by atoms with E-state index < -0.39 is 9.84 Å². The Balaban J connectivity index is 2.58. The average Bonchev–Trinajstić information content (AvgIpc) is 2.69. The zero-order chi connectivity index (χ0) is 12.7. The summed E-state index contributed by atoms with van der Waals surface area (Å²) in [6.45, 7) is 5.89. The molecule has 94 valence electrons. The highest BCUT2D eigenvalue weighted by atomic mass is 32.2. The Hall–Kier alpha value is -0.580. The number of hydrogen-bond donors (Lipinski definition) is 0. The van der Waals surface area contributed by atoms with Crippen LogP contribution in [-0.4, -0.2) is 44.3 Å². The maximum atomic E-state index is 12.0. The summed E-state index contributed by atoms with van der Waals surface area (Å²) in [5.41, 5.74) is 0.0934. The monoisotopic (exact) mass is 247 g/mol. The Labute approximate surface area is 97.9 Å². The minimum atomic E-state index is -3.03. The van der Waals surface area contributed by atoms with Gasteiger partial charge in [0.2, 0.25) is 5.91 Å². The van der Waals surface area contributed by atoms with Gasteiger partial charge in [-0.1, -0.05) is 13.8 Å². The van der Waals surface area contributed by atoms with Crippen LogP contribution in [0.3, 0.4) is 0 Å². The normalized spacial score (nSPS) is 24.9. The SMILES string of the molecule is CC(CS(C)(=O)=O)N(C)C(=O)[C@H]1CC1(C)C. The molecule has 16 heavy (non-hydrogen) atoms. The van der Waals surface area contributed by atoms with Crippen LogP contribution in [0, 0.1) is 11.3 Å². The number of nitrogens with zero attached hydrogens (tertiary/aromatic N) is 1. The van der Waals surface area contributed by atoms with Crippen LogP contribution < -0.4 is 0 Å². The summed E-state index contributed by atoms with van der Waals surface area (Å²) in [4.78, 5) is 13.5. The smallest absolute Gasteiger partial charge is 0.226 e. The molecule has 0 N–H and O–H groups in total. The summed E-state index contributed by atoms with van der Waals surface area (Å²) in [6, 6.07) is -0.251. The first-order chi connectivity index (χ1) is 7.04. The summed E-state index contributed by atoms with van der Waals surface area (Å²) in [5.74, 6) is 0.170. The topological polar surface area (TPSA) is 54.5 Å². The molecule has 0 aromatic rings. The molecular formula is C11H21NO3S. The van der Waals surface area contributed by atoms with Crippen LogP contribution in [0.15, 0.2) is 0 Å². The van der Waals surface area contributed by atoms with Crippen LogP contribution in [0.4, 0.5) is 0 Å². The van der Waals surface area contributed by atoms with E-state index in [1.807, 2.05) is 0 Å². The van der Waals surface area contributed by atoms with Gasteiger partial charge < -0.3 is 4.90 Å². The molecule has 1 unspecified atom stereocenters. The number of rotatable bonds is 4. The van der Waals surface area contributed by atoms with E-state index in [1.54, 1.807) is 18.9 Å². The predicted octanol–water partition coefficient (Wildman–Crippen LogP) is 0.924. The molecule has 4 nitrogen and oxygen atoms in total. The minimum absolute atomic E-state index is 0.0301. The molecule has 0 heterocycles. The lowest BCUT2D eigenvalue weighted by molar-refractivity contribution is -0.133. The number of amides is 1. The highest BCUT2D eigenvalue weighted by Crippen LogP contribution is 2.52. The molecule has 0 aliphatic heterocycles. The summed E-state index contributed by atoms with van der Waals surface area (Å²) in [5, 5.41) is 0. The van der Waals surface area contributed by atoms with Crippen LogP contribution in [0.25, 0.3) is 0 Å². The standard InChI is InChI=1S/C11H21NO3S/c1-8(7-16(5,14)15)12(4)10(13)9-6-11(9,2)3/h8-9H,6-7H2,1-5H3/t8?,9-/m1/s1. The average molecular weight is 247 g/mol. The van der Waals surface area contributed by atoms with E-state index in [1.165, 1.54) is 6.26 Å². The van der Waals surface area contributed by atoms with Crippen molar-refractivity contribution >= 4 is 15.7 Å². The van der Waals surface area contributed by atoms with Crippen molar-refractivity contribution in [2.24, 2.45) is 11.3 Å². The fourth-order valence-corrected chi connectivity index (χ4v) is 3.00. The highest BCUT2D eigenvalue weighted by molar-refractivity contribution is 7.90. The van der Waals surface area contributed by atoms with E-state index >= 15 is 0 Å². The summed E-state index contributed by atoms with van der Waals surface area (Å²) in [7, 11) is -1.34. The molecule has 0 radical (unpaired) electrons. The molecule has 1 rings (SSSR count). The largest absolute Gasteiger partial charge is 0.342 e. The maximum absolute atomic E-state index is 12.0. The highest BCUT2D eigenvalue weighted by Gasteiger charge is 2.51. The molecule has 0 aromatic heterocycles. The molecule has 1 saturated carbocycles. The Morgan fingerprint density at radius 1 is 1.50 bits per heavy atom. The third-order valence-corrected chi connectivity index (χ3v) is 4.45. The van der Waals surface area contributed by atoms with Gasteiger partial charge in [-0.15, -0.1) is 0 Å². The predicted molar refractivity (Wildman–Crippen MR) is 63.8 cm³/mol. The number of carbonyl (C=O) groups excluding carboxylic acids is 1. The second kappa shape index (κ2) is 4.02. The van der Waals surface area contributed by atoms with Crippen molar-refractivity contribution in [3.8, 4) is 0 Å². The van der Waals surface area contributed by atoms with Crippen molar-refractivity contribution in [3.63, 3.8) is 0 Å². The second-order valence-electron chi connectivity index (χ2n) is 5.64. The number of sulfone groups is 1. The van der Waals surface area contributed by atoms with E-state index in [4.69, 9.17) is 0 Å². The fraction of sp³-hybridized carbons (Fsp3) is 0.909. The van der Waals surface area contributed by atoms with Crippen LogP contribution in [0.5, 0.6) is 0 Å². The van der Waals surface area contributed by atoms with Crippen molar-refractivity contribution in [2.45, 2.75) is 33.2 Å². The molecule has 1 aliphatic rings. The van der Waals surface area contributed by atoms with Crippen LogP contribution in [0.1, 0.15) is 27.2 Å². The maximum Gasteiger partial charge on any atom is 0.226 e.